The molecule has 1 aromatic carbocycles. The van der Waals surface area contributed by atoms with Crippen molar-refractivity contribution in [1.29, 1.82) is 0 Å². The van der Waals surface area contributed by atoms with Crippen LogP contribution in [0.3, 0.4) is 0 Å². The van der Waals surface area contributed by atoms with E-state index in [2.05, 4.69) is 6.92 Å². The van der Waals surface area contributed by atoms with Crippen molar-refractivity contribution in [2.45, 2.75) is 37.9 Å². The van der Waals surface area contributed by atoms with Crippen molar-refractivity contribution in [3.8, 4) is 0 Å². The van der Waals surface area contributed by atoms with Crippen molar-refractivity contribution in [3.63, 3.8) is 0 Å². The van der Waals surface area contributed by atoms with Crippen LogP contribution in [0.2, 0.25) is 0 Å². The molecule has 3 aromatic rings. The number of carbonyl (C=O) groups is 1. The van der Waals surface area contributed by atoms with Gasteiger partial charge in [0.1, 0.15) is 4.83 Å². The largest absolute Gasteiger partial charge is 0.369 e. The Bertz CT molecular complexity index is 1060. The number of fused-ring (bicyclic) bond motifs is 3. The molecular weight excluding hydrogens is 378 g/mol. The van der Waals surface area contributed by atoms with Crippen molar-refractivity contribution < 1.29 is 4.79 Å². The molecule has 4 rings (SSSR count). The summed E-state index contributed by atoms with van der Waals surface area (Å²) in [6, 6.07) is 9.84. The van der Waals surface area contributed by atoms with Gasteiger partial charge in [0.25, 0.3) is 5.56 Å². The van der Waals surface area contributed by atoms with Gasteiger partial charge in [-0.2, -0.15) is 0 Å². The van der Waals surface area contributed by atoms with Crippen LogP contribution in [-0.2, 0) is 24.2 Å². The number of primary amides is 1. The van der Waals surface area contributed by atoms with Crippen molar-refractivity contribution in [2.24, 2.45) is 11.7 Å². The van der Waals surface area contributed by atoms with E-state index in [0.29, 0.717) is 17.6 Å². The third-order valence-electron chi connectivity index (χ3n) is 4.91. The Morgan fingerprint density at radius 1 is 1.37 bits per heavy atom. The number of aromatic nitrogens is 2. The molecule has 1 atom stereocenters. The van der Waals surface area contributed by atoms with Gasteiger partial charge < -0.3 is 5.73 Å². The average molecular weight is 400 g/mol. The maximum Gasteiger partial charge on any atom is 0.263 e. The summed E-state index contributed by atoms with van der Waals surface area (Å²) in [5.74, 6) is 0.329. The molecule has 0 bridgehead atoms. The second kappa shape index (κ2) is 7.48. The van der Waals surface area contributed by atoms with E-state index < -0.39 is 5.91 Å². The van der Waals surface area contributed by atoms with Crippen molar-refractivity contribution in [2.75, 3.05) is 5.75 Å². The van der Waals surface area contributed by atoms with Gasteiger partial charge in [0.05, 0.1) is 17.7 Å². The maximum atomic E-state index is 13.4. The lowest BCUT2D eigenvalue weighted by Crippen LogP contribution is -2.25. The molecular formula is C20H21N3O2S2. The van der Waals surface area contributed by atoms with E-state index in [0.717, 1.165) is 35.0 Å². The minimum Gasteiger partial charge on any atom is -0.369 e. The zero-order valence-electron chi connectivity index (χ0n) is 15.1. The number of amides is 1. The highest BCUT2D eigenvalue weighted by atomic mass is 32.2. The van der Waals surface area contributed by atoms with Crippen molar-refractivity contribution >= 4 is 39.2 Å². The smallest absolute Gasteiger partial charge is 0.263 e. The topological polar surface area (TPSA) is 78.0 Å². The fourth-order valence-corrected chi connectivity index (χ4v) is 5.72. The Balaban J connectivity index is 1.86. The molecule has 27 heavy (non-hydrogen) atoms. The lowest BCUT2D eigenvalue weighted by atomic mass is 9.89. The molecule has 140 valence electrons. The van der Waals surface area contributed by atoms with Crippen molar-refractivity contribution in [1.82, 2.24) is 9.55 Å². The first kappa shape index (κ1) is 18.3. The van der Waals surface area contributed by atoms with Gasteiger partial charge in [-0.25, -0.2) is 4.98 Å². The van der Waals surface area contributed by atoms with Crippen LogP contribution in [-0.4, -0.2) is 21.2 Å². The number of thioether (sulfide) groups is 1. The summed E-state index contributed by atoms with van der Waals surface area (Å²) in [5.41, 5.74) is 7.51. The van der Waals surface area contributed by atoms with Gasteiger partial charge in [-0.1, -0.05) is 49.0 Å². The van der Waals surface area contributed by atoms with Crippen LogP contribution >= 0.6 is 23.1 Å². The number of benzene rings is 1. The molecule has 0 unspecified atom stereocenters. The van der Waals surface area contributed by atoms with E-state index in [9.17, 15) is 9.59 Å². The molecule has 0 aliphatic heterocycles. The third kappa shape index (κ3) is 3.66. The summed E-state index contributed by atoms with van der Waals surface area (Å²) in [6.45, 7) is 2.69. The lowest BCUT2D eigenvalue weighted by molar-refractivity contribution is -0.115. The Morgan fingerprint density at radius 3 is 2.89 bits per heavy atom. The normalized spacial score (nSPS) is 16.4. The number of nitrogens with two attached hydrogens (primary N) is 1. The highest BCUT2D eigenvalue weighted by Gasteiger charge is 2.24. The molecule has 0 spiro atoms. The molecule has 7 heteroatoms. The zero-order chi connectivity index (χ0) is 19.0. The second-order valence-corrected chi connectivity index (χ2v) is 9.08. The average Bonchev–Trinajstić information content (AvgIpc) is 3.00. The first-order valence-corrected chi connectivity index (χ1v) is 10.8. The number of hydrogen-bond acceptors (Lipinski definition) is 5. The fourth-order valence-electron chi connectivity index (χ4n) is 3.56. The lowest BCUT2D eigenvalue weighted by Gasteiger charge is -2.17. The first-order valence-electron chi connectivity index (χ1n) is 9.03. The summed E-state index contributed by atoms with van der Waals surface area (Å²) in [5, 5.41) is 1.32. The third-order valence-corrected chi connectivity index (χ3v) is 7.05. The molecule has 2 N–H and O–H groups in total. The number of rotatable bonds is 5. The van der Waals surface area contributed by atoms with E-state index >= 15 is 0 Å². The number of nitrogens with zero attached hydrogens (tertiary/aromatic N) is 2. The van der Waals surface area contributed by atoms with Gasteiger partial charge in [0.2, 0.25) is 5.91 Å². The second-order valence-electron chi connectivity index (χ2n) is 7.06. The van der Waals surface area contributed by atoms with Gasteiger partial charge in [0.15, 0.2) is 5.16 Å². The Kier molecular flexibility index (Phi) is 5.06. The van der Waals surface area contributed by atoms with E-state index in [1.54, 1.807) is 15.9 Å². The van der Waals surface area contributed by atoms with Gasteiger partial charge in [-0.3, -0.25) is 14.2 Å². The van der Waals surface area contributed by atoms with Crippen LogP contribution in [0.1, 0.15) is 29.3 Å². The van der Waals surface area contributed by atoms with E-state index in [-0.39, 0.29) is 11.3 Å². The predicted molar refractivity (Wildman–Crippen MR) is 111 cm³/mol. The SMILES string of the molecule is C[C@@H]1CCc2c(sc3nc(SCC(N)=O)n(Cc4ccccc4)c(=O)c23)C1. The van der Waals surface area contributed by atoms with Crippen LogP contribution in [0.4, 0.5) is 0 Å². The molecule has 2 heterocycles. The van der Waals surface area contributed by atoms with Crippen LogP contribution in [0.15, 0.2) is 40.3 Å². The Labute approximate surface area is 165 Å². The molecule has 0 radical (unpaired) electrons. The van der Waals surface area contributed by atoms with Gasteiger partial charge in [-0.15, -0.1) is 11.3 Å². The standard InChI is InChI=1S/C20H21N3O2S2/c1-12-7-8-14-15(9-12)27-18-17(14)19(25)23(10-13-5-3-2-4-6-13)20(22-18)26-11-16(21)24/h2-6,12H,7-11H2,1H3,(H2,21,24)/t12-/m1/s1. The molecule has 5 nitrogen and oxygen atoms in total. The minimum absolute atomic E-state index is 0.0112. The molecule has 2 aromatic heterocycles. The quantitative estimate of drug-likeness (QED) is 0.528. The Morgan fingerprint density at radius 2 is 2.15 bits per heavy atom. The monoisotopic (exact) mass is 399 g/mol. The molecule has 0 saturated heterocycles. The van der Waals surface area contributed by atoms with Gasteiger partial charge in [-0.05, 0) is 36.3 Å². The number of aryl methyl sites for hydroxylation is 1. The number of hydrogen-bond donors (Lipinski definition) is 1. The van der Waals surface area contributed by atoms with Crippen LogP contribution < -0.4 is 11.3 Å². The molecule has 1 amide bonds. The maximum absolute atomic E-state index is 13.4. The van der Waals surface area contributed by atoms with Crippen LogP contribution in [0, 0.1) is 5.92 Å². The number of carbonyl (C=O) groups excluding carboxylic acids is 1. The summed E-state index contributed by atoms with van der Waals surface area (Å²) in [4.78, 5) is 31.5. The molecule has 0 saturated carbocycles. The molecule has 1 aliphatic carbocycles. The fraction of sp³-hybridized carbons (Fsp3) is 0.350. The highest BCUT2D eigenvalue weighted by Crippen LogP contribution is 2.36. The van der Waals surface area contributed by atoms with E-state index in [4.69, 9.17) is 10.7 Å². The minimum atomic E-state index is -0.417. The molecule has 0 fully saturated rings. The van der Waals surface area contributed by atoms with E-state index in [1.807, 2.05) is 30.3 Å². The van der Waals surface area contributed by atoms with Gasteiger partial charge >= 0.3 is 0 Å². The summed E-state index contributed by atoms with van der Waals surface area (Å²) >= 11 is 2.86. The Hall–Kier alpha value is -2.12. The van der Waals surface area contributed by atoms with Gasteiger partial charge in [0, 0.05) is 4.88 Å². The summed E-state index contributed by atoms with van der Waals surface area (Å²) in [6.07, 6.45) is 3.06. The summed E-state index contributed by atoms with van der Waals surface area (Å²) in [7, 11) is 0. The zero-order valence-corrected chi connectivity index (χ0v) is 16.7. The van der Waals surface area contributed by atoms with Crippen LogP contribution in [0.5, 0.6) is 0 Å². The highest BCUT2D eigenvalue weighted by molar-refractivity contribution is 7.99. The predicted octanol–water partition coefficient (Wildman–Crippen LogP) is 3.21. The molecule has 1 aliphatic rings. The first-order chi connectivity index (χ1) is 13.0. The van der Waals surface area contributed by atoms with Crippen LogP contribution in [0.25, 0.3) is 10.2 Å². The summed E-state index contributed by atoms with van der Waals surface area (Å²) < 4.78 is 1.69. The van der Waals surface area contributed by atoms with Crippen molar-refractivity contribution in [3.05, 3.63) is 56.7 Å². The number of thiophene rings is 1. The van der Waals surface area contributed by atoms with E-state index in [1.165, 1.54) is 22.2 Å².